The zero-order chi connectivity index (χ0) is 19.9. The highest BCUT2D eigenvalue weighted by atomic mass is 31.2. The second kappa shape index (κ2) is 9.97. The van der Waals surface area contributed by atoms with E-state index in [0.29, 0.717) is 0 Å². The first kappa shape index (κ1) is 22.5. The molecule has 3 atom stereocenters. The lowest BCUT2D eigenvalue weighted by molar-refractivity contribution is -0.0715. The molecule has 0 aliphatic carbocycles. The molecular weight excluding hydrogens is 373 g/mol. The first-order valence-electron chi connectivity index (χ1n) is 7.84. The van der Waals surface area contributed by atoms with Gasteiger partial charge in [0.15, 0.2) is 0 Å². The second-order valence-electron chi connectivity index (χ2n) is 5.80. The number of nitrogens with one attached hydrogen (secondary N) is 3. The van der Waals surface area contributed by atoms with Gasteiger partial charge in [-0.15, -0.1) is 0 Å². The zero-order valence-electron chi connectivity index (χ0n) is 13.8. The molecule has 0 bridgehead atoms. The lowest BCUT2D eigenvalue weighted by Crippen LogP contribution is -2.43. The van der Waals surface area contributed by atoms with Gasteiger partial charge >= 0.3 is 13.3 Å². The number of aromatic nitrogens is 2. The van der Waals surface area contributed by atoms with E-state index in [2.05, 4.69) is 10.3 Å². The summed E-state index contributed by atoms with van der Waals surface area (Å²) in [6.45, 7) is -1.10. The molecular formula is C13H24N3O9P. The Morgan fingerprint density at radius 3 is 2.27 bits per heavy atom. The minimum Gasteiger partial charge on any atom is -0.394 e. The van der Waals surface area contributed by atoms with Gasteiger partial charge in [0, 0.05) is 12.7 Å². The molecule has 150 valence electrons. The smallest absolute Gasteiger partial charge is 0.327 e. The van der Waals surface area contributed by atoms with Crippen LogP contribution in [0.1, 0.15) is 18.4 Å². The van der Waals surface area contributed by atoms with Crippen molar-refractivity contribution in [3.8, 4) is 0 Å². The predicted molar refractivity (Wildman–Crippen MR) is 91.1 cm³/mol. The van der Waals surface area contributed by atoms with Gasteiger partial charge in [0.05, 0.1) is 18.3 Å². The lowest BCUT2D eigenvalue weighted by atomic mass is 10.1. The van der Waals surface area contributed by atoms with Gasteiger partial charge in [-0.3, -0.25) is 19.3 Å². The number of aliphatic hydroxyl groups excluding tert-OH is 4. The summed E-state index contributed by atoms with van der Waals surface area (Å²) in [5.41, 5.74) is -1.39. The van der Waals surface area contributed by atoms with Gasteiger partial charge in [0.1, 0.15) is 18.0 Å². The van der Waals surface area contributed by atoms with Gasteiger partial charge in [-0.25, -0.2) is 4.79 Å². The Hall–Kier alpha value is -1.53. The Kier molecular flexibility index (Phi) is 8.63. The Balaban J connectivity index is 2.79. The van der Waals surface area contributed by atoms with Crippen LogP contribution in [0.3, 0.4) is 0 Å². The monoisotopic (exact) mass is 397 g/mol. The highest BCUT2D eigenvalue weighted by Crippen LogP contribution is 2.35. The third kappa shape index (κ3) is 7.38. The van der Waals surface area contributed by atoms with Crippen molar-refractivity contribution in [2.45, 2.75) is 37.6 Å². The predicted octanol–water partition coefficient (Wildman–Crippen LogP) is -2.95. The molecule has 13 heteroatoms. The van der Waals surface area contributed by atoms with Gasteiger partial charge in [-0.1, -0.05) is 0 Å². The lowest BCUT2D eigenvalue weighted by Gasteiger charge is -2.22. The van der Waals surface area contributed by atoms with Crippen molar-refractivity contribution < 1.29 is 34.8 Å². The first-order chi connectivity index (χ1) is 12.0. The Morgan fingerprint density at radius 1 is 1.04 bits per heavy atom. The molecule has 0 unspecified atom stereocenters. The van der Waals surface area contributed by atoms with Crippen LogP contribution in [0.5, 0.6) is 0 Å². The van der Waals surface area contributed by atoms with Crippen LogP contribution < -0.4 is 16.6 Å². The quantitative estimate of drug-likeness (QED) is 0.137. The number of aliphatic hydroxyl groups is 4. The zero-order valence-corrected chi connectivity index (χ0v) is 14.7. The molecule has 1 rings (SSSR count). The van der Waals surface area contributed by atoms with Crippen molar-refractivity contribution >= 4 is 13.4 Å². The van der Waals surface area contributed by atoms with Gasteiger partial charge in [0.2, 0.25) is 0 Å². The van der Waals surface area contributed by atoms with E-state index in [0.717, 1.165) is 0 Å². The summed E-state index contributed by atoms with van der Waals surface area (Å²) < 4.78 is 10.8. The van der Waals surface area contributed by atoms with Crippen molar-refractivity contribution in [2.24, 2.45) is 0 Å². The van der Waals surface area contributed by atoms with Crippen LogP contribution in [0, 0.1) is 0 Å². The summed E-state index contributed by atoms with van der Waals surface area (Å²) >= 11 is 0. The largest absolute Gasteiger partial charge is 0.394 e. The van der Waals surface area contributed by atoms with Gasteiger partial charge < -0.3 is 35.5 Å². The topological polar surface area (TPSA) is 216 Å². The first-order valence-corrected chi connectivity index (χ1v) is 9.64. The van der Waals surface area contributed by atoms with Crippen molar-refractivity contribution in [1.29, 1.82) is 0 Å². The van der Waals surface area contributed by atoms with E-state index in [9.17, 15) is 29.5 Å². The summed E-state index contributed by atoms with van der Waals surface area (Å²) in [5, 5.41) is 39.9. The van der Waals surface area contributed by atoms with E-state index in [1.807, 2.05) is 4.98 Å². The van der Waals surface area contributed by atoms with Crippen LogP contribution in [-0.4, -0.2) is 77.8 Å². The summed E-state index contributed by atoms with van der Waals surface area (Å²) in [5.74, 6) is -0.0142. The van der Waals surface area contributed by atoms with Crippen LogP contribution >= 0.6 is 7.60 Å². The van der Waals surface area contributed by atoms with Crippen molar-refractivity contribution in [1.82, 2.24) is 9.97 Å². The van der Waals surface area contributed by atoms with Crippen LogP contribution in [-0.2, 0) is 11.0 Å². The van der Waals surface area contributed by atoms with E-state index in [1.165, 1.54) is 0 Å². The summed E-state index contributed by atoms with van der Waals surface area (Å²) in [6, 6.07) is 0. The van der Waals surface area contributed by atoms with Gasteiger partial charge in [0.25, 0.3) is 5.56 Å². The van der Waals surface area contributed by atoms with Crippen molar-refractivity contribution in [3.05, 3.63) is 26.4 Å². The van der Waals surface area contributed by atoms with Crippen molar-refractivity contribution in [2.75, 3.05) is 24.6 Å². The Morgan fingerprint density at radius 2 is 1.69 bits per heavy atom. The molecule has 0 aliphatic heterocycles. The number of anilines is 1. The molecule has 0 aromatic carbocycles. The number of hydrogen-bond donors (Lipinski definition) is 9. The summed E-state index contributed by atoms with van der Waals surface area (Å²) in [7, 11) is -4.13. The molecule has 9 N–H and O–H groups in total. The summed E-state index contributed by atoms with van der Waals surface area (Å²) in [6.07, 6.45) is -4.50. The molecule has 12 nitrogen and oxygen atoms in total. The van der Waals surface area contributed by atoms with E-state index in [-0.39, 0.29) is 43.4 Å². The third-order valence-electron chi connectivity index (χ3n) is 3.63. The summed E-state index contributed by atoms with van der Waals surface area (Å²) in [4.78, 5) is 45.3. The molecule has 0 fully saturated rings. The van der Waals surface area contributed by atoms with E-state index in [1.54, 1.807) is 0 Å². The van der Waals surface area contributed by atoms with Crippen LogP contribution in [0.25, 0.3) is 0 Å². The average molecular weight is 397 g/mol. The molecule has 1 heterocycles. The fourth-order valence-electron chi connectivity index (χ4n) is 2.21. The standard InChI is InChI=1S/C13H24N3O9P/c17-6-9(19)10(20)8(18)5-14-11-7(12(21)16-13(22)15-11)3-1-2-4-26(23,24)25/h8-10,17-20H,1-6H2,(H2,23,24,25)(H3,14,15,16,21,22)/t8-,9+,10-/m0/s1. The molecule has 0 saturated heterocycles. The second-order valence-corrected chi connectivity index (χ2v) is 7.57. The molecule has 0 aliphatic rings. The normalized spacial score (nSPS) is 15.5. The van der Waals surface area contributed by atoms with E-state index < -0.39 is 43.8 Å². The molecule has 0 saturated carbocycles. The maximum absolute atomic E-state index is 11.9. The molecule has 26 heavy (non-hydrogen) atoms. The fourth-order valence-corrected chi connectivity index (χ4v) is 2.85. The van der Waals surface area contributed by atoms with E-state index in [4.69, 9.17) is 14.9 Å². The molecule has 0 spiro atoms. The number of rotatable bonds is 11. The molecule has 0 radical (unpaired) electrons. The highest BCUT2D eigenvalue weighted by molar-refractivity contribution is 7.51. The van der Waals surface area contributed by atoms with Crippen LogP contribution in [0.15, 0.2) is 9.59 Å². The van der Waals surface area contributed by atoms with Gasteiger partial charge in [-0.05, 0) is 19.3 Å². The minimum absolute atomic E-state index is 0.0142. The highest BCUT2D eigenvalue weighted by Gasteiger charge is 2.24. The SMILES string of the molecule is O=c1[nH]c(NC[C@H](O)[C@H](O)[C@H](O)CO)c(CCCCP(=O)(O)O)c(=O)[nH]1. The molecule has 1 aromatic heterocycles. The fraction of sp³-hybridized carbons (Fsp3) is 0.692. The third-order valence-corrected chi connectivity index (χ3v) is 4.53. The number of hydrogen-bond acceptors (Lipinski definition) is 8. The minimum atomic E-state index is -4.13. The Bertz CT molecular complexity index is 728. The molecule has 0 amide bonds. The average Bonchev–Trinajstić information content (AvgIpc) is 2.55. The number of aromatic amines is 2. The van der Waals surface area contributed by atoms with Crippen LogP contribution in [0.2, 0.25) is 0 Å². The van der Waals surface area contributed by atoms with Gasteiger partial charge in [-0.2, -0.15) is 0 Å². The molecule has 1 aromatic rings. The number of H-pyrrole nitrogens is 2. The van der Waals surface area contributed by atoms with Crippen molar-refractivity contribution in [3.63, 3.8) is 0 Å². The van der Waals surface area contributed by atoms with Crippen LogP contribution in [0.4, 0.5) is 5.82 Å². The number of unbranched alkanes of at least 4 members (excludes halogenated alkanes) is 1. The van der Waals surface area contributed by atoms with E-state index >= 15 is 0 Å². The maximum atomic E-state index is 11.9. The maximum Gasteiger partial charge on any atom is 0.327 e. The Labute approximate surface area is 147 Å².